The Labute approximate surface area is 103 Å². The molecule has 0 spiro atoms. The molecule has 0 aliphatic heterocycles. The van der Waals surface area contributed by atoms with Gasteiger partial charge in [-0.1, -0.05) is 13.8 Å². The van der Waals surface area contributed by atoms with E-state index in [0.717, 1.165) is 24.5 Å². The van der Waals surface area contributed by atoms with E-state index in [1.54, 1.807) is 12.4 Å². The summed E-state index contributed by atoms with van der Waals surface area (Å²) >= 11 is 0. The van der Waals surface area contributed by atoms with Crippen molar-refractivity contribution >= 4 is 11.6 Å². The molecule has 0 radical (unpaired) electrons. The van der Waals surface area contributed by atoms with Crippen LogP contribution in [0.25, 0.3) is 0 Å². The van der Waals surface area contributed by atoms with Crippen LogP contribution < -0.4 is 10.2 Å². The van der Waals surface area contributed by atoms with Gasteiger partial charge in [0.15, 0.2) is 0 Å². The van der Waals surface area contributed by atoms with Crippen LogP contribution in [0, 0.1) is 0 Å². The number of rotatable bonds is 7. The van der Waals surface area contributed by atoms with Crippen molar-refractivity contribution in [3.8, 4) is 0 Å². The number of hydrogen-bond acceptors (Lipinski definition) is 5. The molecular weight excluding hydrogens is 216 g/mol. The third kappa shape index (κ3) is 3.56. The van der Waals surface area contributed by atoms with Gasteiger partial charge >= 0.3 is 0 Å². The minimum absolute atomic E-state index is 0.127. The first-order valence-electron chi connectivity index (χ1n) is 6.14. The second-order valence-electron chi connectivity index (χ2n) is 3.90. The minimum atomic E-state index is 0.127. The monoisotopic (exact) mass is 238 g/mol. The van der Waals surface area contributed by atoms with Crippen LogP contribution >= 0.6 is 0 Å². The predicted octanol–water partition coefficient (Wildman–Crippen LogP) is 1.51. The number of nitrogens with zero attached hydrogens (tertiary/aromatic N) is 3. The van der Waals surface area contributed by atoms with Crippen LogP contribution in [0.1, 0.15) is 26.7 Å². The van der Waals surface area contributed by atoms with Gasteiger partial charge in [0.05, 0.1) is 19.0 Å². The van der Waals surface area contributed by atoms with Gasteiger partial charge < -0.3 is 15.3 Å². The van der Waals surface area contributed by atoms with E-state index in [1.807, 2.05) is 7.05 Å². The van der Waals surface area contributed by atoms with Crippen molar-refractivity contribution in [2.24, 2.45) is 0 Å². The maximum absolute atomic E-state index is 9.16. The summed E-state index contributed by atoms with van der Waals surface area (Å²) < 4.78 is 0. The van der Waals surface area contributed by atoms with Crippen LogP contribution in [0.2, 0.25) is 0 Å². The molecular formula is C12H22N4O. The quantitative estimate of drug-likeness (QED) is 0.754. The summed E-state index contributed by atoms with van der Waals surface area (Å²) in [5, 5.41) is 12.1. The normalized spacial score (nSPS) is 10.6. The largest absolute Gasteiger partial charge is 0.395 e. The molecule has 96 valence electrons. The Hall–Kier alpha value is -1.36. The lowest BCUT2D eigenvalue weighted by Crippen LogP contribution is -2.37. The highest BCUT2D eigenvalue weighted by Gasteiger charge is 2.16. The fraction of sp³-hybridized carbons (Fsp3) is 0.667. The van der Waals surface area contributed by atoms with Crippen molar-refractivity contribution in [2.75, 3.05) is 30.4 Å². The lowest BCUT2D eigenvalue weighted by molar-refractivity contribution is 0.295. The van der Waals surface area contributed by atoms with Gasteiger partial charge in [0, 0.05) is 19.6 Å². The predicted molar refractivity (Wildman–Crippen MR) is 70.4 cm³/mol. The number of aliphatic hydroxyl groups excluding tert-OH is 1. The zero-order chi connectivity index (χ0) is 12.7. The molecule has 5 heteroatoms. The van der Waals surface area contributed by atoms with Crippen LogP contribution in [0.15, 0.2) is 12.4 Å². The van der Waals surface area contributed by atoms with Crippen molar-refractivity contribution in [1.29, 1.82) is 0 Å². The summed E-state index contributed by atoms with van der Waals surface area (Å²) in [6.07, 6.45) is 5.49. The van der Waals surface area contributed by atoms with Gasteiger partial charge in [-0.05, 0) is 12.8 Å². The number of nitrogens with one attached hydrogen (secondary N) is 1. The molecule has 0 aromatic carbocycles. The van der Waals surface area contributed by atoms with Gasteiger partial charge in [0.1, 0.15) is 11.6 Å². The van der Waals surface area contributed by atoms with Gasteiger partial charge in [0.25, 0.3) is 0 Å². The Balaban J connectivity index is 2.94. The zero-order valence-electron chi connectivity index (χ0n) is 10.8. The summed E-state index contributed by atoms with van der Waals surface area (Å²) in [7, 11) is 1.82. The highest BCUT2D eigenvalue weighted by molar-refractivity contribution is 5.44. The number of hydrogen-bond donors (Lipinski definition) is 2. The van der Waals surface area contributed by atoms with Gasteiger partial charge in [-0.25, -0.2) is 4.98 Å². The molecule has 5 nitrogen and oxygen atoms in total. The van der Waals surface area contributed by atoms with E-state index in [9.17, 15) is 0 Å². The van der Waals surface area contributed by atoms with Crippen LogP contribution in [0.5, 0.6) is 0 Å². The Kier molecular flexibility index (Phi) is 5.69. The molecule has 0 fully saturated rings. The highest BCUT2D eigenvalue weighted by atomic mass is 16.3. The molecule has 0 amide bonds. The van der Waals surface area contributed by atoms with Crippen molar-refractivity contribution in [3.63, 3.8) is 0 Å². The molecule has 0 aliphatic rings. The van der Waals surface area contributed by atoms with Gasteiger partial charge in [-0.3, -0.25) is 4.98 Å². The van der Waals surface area contributed by atoms with Crippen molar-refractivity contribution in [3.05, 3.63) is 12.4 Å². The van der Waals surface area contributed by atoms with E-state index in [-0.39, 0.29) is 6.61 Å². The Morgan fingerprint density at radius 2 is 2.06 bits per heavy atom. The van der Waals surface area contributed by atoms with Gasteiger partial charge in [-0.15, -0.1) is 0 Å². The molecule has 0 unspecified atom stereocenters. The lowest BCUT2D eigenvalue weighted by Gasteiger charge is -2.30. The molecule has 0 saturated carbocycles. The van der Waals surface area contributed by atoms with E-state index in [0.29, 0.717) is 12.6 Å². The molecule has 2 N–H and O–H groups in total. The number of anilines is 2. The van der Waals surface area contributed by atoms with Crippen molar-refractivity contribution in [1.82, 2.24) is 9.97 Å². The highest BCUT2D eigenvalue weighted by Crippen LogP contribution is 2.18. The summed E-state index contributed by atoms with van der Waals surface area (Å²) in [4.78, 5) is 10.7. The second-order valence-corrected chi connectivity index (χ2v) is 3.90. The van der Waals surface area contributed by atoms with E-state index in [4.69, 9.17) is 5.11 Å². The number of aliphatic hydroxyl groups is 1. The van der Waals surface area contributed by atoms with Crippen molar-refractivity contribution in [2.45, 2.75) is 32.7 Å². The third-order valence-corrected chi connectivity index (χ3v) is 2.90. The fourth-order valence-corrected chi connectivity index (χ4v) is 1.94. The average molecular weight is 238 g/mol. The van der Waals surface area contributed by atoms with E-state index < -0.39 is 0 Å². The molecule has 1 heterocycles. The molecule has 1 aromatic rings. The average Bonchev–Trinajstić information content (AvgIpc) is 2.39. The standard InChI is InChI=1S/C12H22N4O/c1-4-10(5-2)16(6-7-17)12-9-14-8-11(13-3)15-12/h8-10,17H,4-7H2,1-3H3,(H,13,15). The summed E-state index contributed by atoms with van der Waals surface area (Å²) in [5.41, 5.74) is 0. The molecule has 1 aromatic heterocycles. The van der Waals surface area contributed by atoms with E-state index >= 15 is 0 Å². The maximum Gasteiger partial charge on any atom is 0.149 e. The Morgan fingerprint density at radius 1 is 1.35 bits per heavy atom. The van der Waals surface area contributed by atoms with Crippen molar-refractivity contribution < 1.29 is 5.11 Å². The zero-order valence-corrected chi connectivity index (χ0v) is 10.8. The first-order valence-corrected chi connectivity index (χ1v) is 6.14. The molecule has 17 heavy (non-hydrogen) atoms. The topological polar surface area (TPSA) is 61.3 Å². The molecule has 0 bridgehead atoms. The summed E-state index contributed by atoms with van der Waals surface area (Å²) in [5.74, 6) is 1.57. The van der Waals surface area contributed by atoms with Gasteiger partial charge in [0.2, 0.25) is 0 Å². The molecule has 0 saturated heterocycles. The SMILES string of the molecule is CCC(CC)N(CCO)c1cncc(NC)n1. The third-order valence-electron chi connectivity index (χ3n) is 2.90. The number of aromatic nitrogens is 2. The van der Waals surface area contributed by atoms with Crippen LogP contribution in [0.4, 0.5) is 11.6 Å². The Morgan fingerprint density at radius 3 is 2.59 bits per heavy atom. The van der Waals surface area contributed by atoms with Crippen LogP contribution in [-0.2, 0) is 0 Å². The summed E-state index contributed by atoms with van der Waals surface area (Å²) in [6.45, 7) is 5.01. The maximum atomic E-state index is 9.16. The molecule has 0 atom stereocenters. The molecule has 1 rings (SSSR count). The van der Waals surface area contributed by atoms with Gasteiger partial charge in [-0.2, -0.15) is 0 Å². The Bertz CT molecular complexity index is 328. The summed E-state index contributed by atoms with van der Waals surface area (Å²) in [6, 6.07) is 0.392. The molecule has 0 aliphatic carbocycles. The fourth-order valence-electron chi connectivity index (χ4n) is 1.94. The smallest absolute Gasteiger partial charge is 0.149 e. The minimum Gasteiger partial charge on any atom is -0.395 e. The first kappa shape index (κ1) is 13.7. The van der Waals surface area contributed by atoms with E-state index in [2.05, 4.69) is 34.0 Å². The van der Waals surface area contributed by atoms with Crippen LogP contribution in [0.3, 0.4) is 0 Å². The second kappa shape index (κ2) is 7.06. The first-order chi connectivity index (χ1) is 8.26. The van der Waals surface area contributed by atoms with E-state index in [1.165, 1.54) is 0 Å². The van der Waals surface area contributed by atoms with Crippen LogP contribution in [-0.4, -0.2) is 41.3 Å². The lowest BCUT2D eigenvalue weighted by atomic mass is 10.1.